The summed E-state index contributed by atoms with van der Waals surface area (Å²) in [4.78, 5) is 4.51. The summed E-state index contributed by atoms with van der Waals surface area (Å²) < 4.78 is 1.92. The number of aliphatic hydroxyl groups is 1. The third-order valence-corrected chi connectivity index (χ3v) is 4.61. The van der Waals surface area contributed by atoms with Crippen LogP contribution in [0.2, 0.25) is 0 Å². The van der Waals surface area contributed by atoms with E-state index in [1.807, 2.05) is 23.9 Å². The fourth-order valence-electron chi connectivity index (χ4n) is 2.17. The minimum absolute atomic E-state index is 0.467. The number of nitrogens with one attached hydrogen (secondary N) is 2. The lowest BCUT2D eigenvalue weighted by Crippen LogP contribution is -2.40. The molecule has 118 valence electrons. The number of thioether (sulfide) groups is 1. The van der Waals surface area contributed by atoms with Crippen LogP contribution in [0.3, 0.4) is 0 Å². The van der Waals surface area contributed by atoms with Crippen molar-refractivity contribution in [3.63, 3.8) is 0 Å². The monoisotopic (exact) mass is 311 g/mol. The van der Waals surface area contributed by atoms with Gasteiger partial charge in [-0.05, 0) is 31.6 Å². The molecule has 0 radical (unpaired) electrons. The van der Waals surface area contributed by atoms with Crippen LogP contribution in [0.1, 0.15) is 19.8 Å². The standard InChI is InChI=1S/C14H25N5OS/c1-2-15-13(17-11-14(20)5-10-21-12-14)16-6-3-8-19-9-4-7-18-19/h4,7,9,20H,2-3,5-6,8,10-12H2,1H3,(H2,15,16,17). The molecule has 1 aliphatic rings. The van der Waals surface area contributed by atoms with E-state index < -0.39 is 5.60 Å². The van der Waals surface area contributed by atoms with E-state index in [-0.39, 0.29) is 0 Å². The minimum atomic E-state index is -0.623. The number of aromatic nitrogens is 2. The van der Waals surface area contributed by atoms with Gasteiger partial charge >= 0.3 is 0 Å². The van der Waals surface area contributed by atoms with E-state index in [1.165, 1.54) is 0 Å². The lowest BCUT2D eigenvalue weighted by molar-refractivity contribution is 0.0778. The van der Waals surface area contributed by atoms with Gasteiger partial charge in [-0.1, -0.05) is 0 Å². The molecule has 1 fully saturated rings. The van der Waals surface area contributed by atoms with Gasteiger partial charge in [-0.3, -0.25) is 9.67 Å². The van der Waals surface area contributed by atoms with E-state index in [2.05, 4.69) is 20.7 Å². The van der Waals surface area contributed by atoms with Gasteiger partial charge in [-0.25, -0.2) is 0 Å². The maximum absolute atomic E-state index is 10.3. The van der Waals surface area contributed by atoms with Crippen molar-refractivity contribution in [2.45, 2.75) is 31.9 Å². The van der Waals surface area contributed by atoms with Crippen LogP contribution in [0.5, 0.6) is 0 Å². The van der Waals surface area contributed by atoms with Crippen molar-refractivity contribution in [2.24, 2.45) is 4.99 Å². The first kappa shape index (κ1) is 16.2. The SMILES string of the molecule is CCNC(=NCC1(O)CCSC1)NCCCn1cccn1. The minimum Gasteiger partial charge on any atom is -0.387 e. The fraction of sp³-hybridized carbons (Fsp3) is 0.714. The maximum atomic E-state index is 10.3. The second-order valence-electron chi connectivity index (χ2n) is 5.27. The summed E-state index contributed by atoms with van der Waals surface area (Å²) in [6, 6.07) is 1.93. The summed E-state index contributed by atoms with van der Waals surface area (Å²) in [7, 11) is 0. The van der Waals surface area contributed by atoms with Gasteiger partial charge < -0.3 is 15.7 Å². The molecule has 3 N–H and O–H groups in total. The molecule has 1 aromatic heterocycles. The maximum Gasteiger partial charge on any atom is 0.191 e. The molecule has 0 bridgehead atoms. The molecule has 1 aliphatic heterocycles. The second-order valence-corrected chi connectivity index (χ2v) is 6.38. The number of hydrogen-bond donors (Lipinski definition) is 3. The highest BCUT2D eigenvalue weighted by Gasteiger charge is 2.31. The summed E-state index contributed by atoms with van der Waals surface area (Å²) in [5.41, 5.74) is -0.623. The summed E-state index contributed by atoms with van der Waals surface area (Å²) in [6.07, 6.45) is 5.57. The van der Waals surface area contributed by atoms with Gasteiger partial charge in [-0.15, -0.1) is 0 Å². The molecule has 0 aliphatic carbocycles. The molecular weight excluding hydrogens is 286 g/mol. The molecular formula is C14H25N5OS. The Bertz CT molecular complexity index is 429. The highest BCUT2D eigenvalue weighted by Crippen LogP contribution is 2.27. The zero-order valence-electron chi connectivity index (χ0n) is 12.6. The fourth-order valence-corrected chi connectivity index (χ4v) is 3.45. The summed E-state index contributed by atoms with van der Waals surface area (Å²) in [6.45, 7) is 5.05. The molecule has 21 heavy (non-hydrogen) atoms. The molecule has 0 spiro atoms. The Labute approximate surface area is 130 Å². The predicted molar refractivity (Wildman–Crippen MR) is 87.7 cm³/mol. The lowest BCUT2D eigenvalue weighted by Gasteiger charge is -2.19. The Balaban J connectivity index is 1.72. The zero-order valence-corrected chi connectivity index (χ0v) is 13.4. The summed E-state index contributed by atoms with van der Waals surface area (Å²) in [5, 5.41) is 21.0. The Morgan fingerprint density at radius 1 is 1.52 bits per heavy atom. The Morgan fingerprint density at radius 2 is 2.43 bits per heavy atom. The second kappa shape index (κ2) is 8.29. The molecule has 7 heteroatoms. The number of hydrogen-bond acceptors (Lipinski definition) is 4. The van der Waals surface area contributed by atoms with Crippen LogP contribution in [-0.4, -0.2) is 57.6 Å². The molecule has 0 aromatic carbocycles. The number of guanidine groups is 1. The van der Waals surface area contributed by atoms with E-state index in [4.69, 9.17) is 0 Å². The van der Waals surface area contributed by atoms with Crippen LogP contribution in [0.25, 0.3) is 0 Å². The molecule has 1 saturated heterocycles. The van der Waals surface area contributed by atoms with E-state index in [1.54, 1.807) is 18.0 Å². The summed E-state index contributed by atoms with van der Waals surface area (Å²) >= 11 is 1.80. The average molecular weight is 311 g/mol. The van der Waals surface area contributed by atoms with Crippen LogP contribution >= 0.6 is 11.8 Å². The van der Waals surface area contributed by atoms with Gasteiger partial charge in [0.2, 0.25) is 0 Å². The Hall–Kier alpha value is -1.21. The highest BCUT2D eigenvalue weighted by molar-refractivity contribution is 7.99. The molecule has 0 amide bonds. The number of rotatable bonds is 7. The van der Waals surface area contributed by atoms with Gasteiger partial charge in [0.25, 0.3) is 0 Å². The van der Waals surface area contributed by atoms with Gasteiger partial charge in [-0.2, -0.15) is 16.9 Å². The molecule has 6 nitrogen and oxygen atoms in total. The summed E-state index contributed by atoms with van der Waals surface area (Å²) in [5.74, 6) is 2.60. The van der Waals surface area contributed by atoms with Crippen LogP contribution in [0.15, 0.2) is 23.5 Å². The number of nitrogens with zero attached hydrogens (tertiary/aromatic N) is 3. The van der Waals surface area contributed by atoms with Gasteiger partial charge in [0.1, 0.15) is 0 Å². The van der Waals surface area contributed by atoms with Crippen molar-refractivity contribution in [1.29, 1.82) is 0 Å². The van der Waals surface area contributed by atoms with E-state index in [0.29, 0.717) is 6.54 Å². The number of aryl methyl sites for hydroxylation is 1. The van der Waals surface area contributed by atoms with E-state index in [9.17, 15) is 5.11 Å². The van der Waals surface area contributed by atoms with Crippen molar-refractivity contribution in [3.8, 4) is 0 Å². The van der Waals surface area contributed by atoms with Gasteiger partial charge in [0.15, 0.2) is 5.96 Å². The van der Waals surface area contributed by atoms with Crippen LogP contribution in [0.4, 0.5) is 0 Å². The van der Waals surface area contributed by atoms with Crippen molar-refractivity contribution in [2.75, 3.05) is 31.1 Å². The Kier molecular flexibility index (Phi) is 6.38. The quantitative estimate of drug-likeness (QED) is 0.393. The molecule has 1 aromatic rings. The normalized spacial score (nSPS) is 22.5. The first-order valence-electron chi connectivity index (χ1n) is 7.51. The molecule has 0 saturated carbocycles. The van der Waals surface area contributed by atoms with E-state index >= 15 is 0 Å². The van der Waals surface area contributed by atoms with E-state index in [0.717, 1.165) is 49.9 Å². The van der Waals surface area contributed by atoms with Crippen molar-refractivity contribution in [3.05, 3.63) is 18.5 Å². The molecule has 2 heterocycles. The highest BCUT2D eigenvalue weighted by atomic mass is 32.2. The zero-order chi connectivity index (χ0) is 15.0. The lowest BCUT2D eigenvalue weighted by atomic mass is 10.1. The Morgan fingerprint density at radius 3 is 3.10 bits per heavy atom. The van der Waals surface area contributed by atoms with Crippen molar-refractivity contribution < 1.29 is 5.11 Å². The first-order valence-corrected chi connectivity index (χ1v) is 8.67. The topological polar surface area (TPSA) is 74.5 Å². The smallest absolute Gasteiger partial charge is 0.191 e. The molecule has 1 unspecified atom stereocenters. The van der Waals surface area contributed by atoms with Gasteiger partial charge in [0.05, 0.1) is 12.1 Å². The molecule has 2 rings (SSSR count). The van der Waals surface area contributed by atoms with Crippen molar-refractivity contribution in [1.82, 2.24) is 20.4 Å². The predicted octanol–water partition coefficient (Wildman–Crippen LogP) is 0.696. The first-order chi connectivity index (χ1) is 10.2. The van der Waals surface area contributed by atoms with Crippen LogP contribution < -0.4 is 10.6 Å². The molecule has 1 atom stereocenters. The third-order valence-electron chi connectivity index (χ3n) is 3.37. The third kappa shape index (κ3) is 5.59. The van der Waals surface area contributed by atoms with Crippen molar-refractivity contribution >= 4 is 17.7 Å². The van der Waals surface area contributed by atoms with Crippen LogP contribution in [-0.2, 0) is 6.54 Å². The largest absolute Gasteiger partial charge is 0.387 e. The van der Waals surface area contributed by atoms with Gasteiger partial charge in [0, 0.05) is 37.8 Å². The van der Waals surface area contributed by atoms with Crippen LogP contribution in [0, 0.1) is 0 Å². The average Bonchev–Trinajstić information content (AvgIpc) is 3.13. The number of aliphatic imine (C=N–C) groups is 1.